The van der Waals surface area contributed by atoms with Gasteiger partial charge in [0.15, 0.2) is 0 Å². The van der Waals surface area contributed by atoms with Gasteiger partial charge in [-0.15, -0.1) is 0 Å². The molecule has 1 amide bonds. The van der Waals surface area contributed by atoms with Crippen molar-refractivity contribution in [1.29, 1.82) is 0 Å². The van der Waals surface area contributed by atoms with Gasteiger partial charge < -0.3 is 24.7 Å². The highest BCUT2D eigenvalue weighted by Crippen LogP contribution is 2.41. The molecule has 0 radical (unpaired) electrons. The first-order valence-corrected chi connectivity index (χ1v) is 14.0. The summed E-state index contributed by atoms with van der Waals surface area (Å²) in [6.07, 6.45) is 10.5. The van der Waals surface area contributed by atoms with Crippen molar-refractivity contribution < 1.29 is 14.3 Å². The minimum absolute atomic E-state index is 0.333. The molecule has 9 heteroatoms. The van der Waals surface area contributed by atoms with E-state index in [-0.39, 0.29) is 5.91 Å². The Kier molecular flexibility index (Phi) is 7.83. The first-order chi connectivity index (χ1) is 18.6. The van der Waals surface area contributed by atoms with Crippen LogP contribution >= 0.6 is 11.8 Å². The van der Waals surface area contributed by atoms with Crippen molar-refractivity contribution in [3.05, 3.63) is 67.5 Å². The third kappa shape index (κ3) is 5.62. The average Bonchev–Trinajstić information content (AvgIpc) is 3.72. The van der Waals surface area contributed by atoms with Crippen molar-refractivity contribution in [1.82, 2.24) is 14.5 Å². The third-order valence-electron chi connectivity index (χ3n) is 6.35. The number of hydrogen-bond acceptors (Lipinski definition) is 7. The summed E-state index contributed by atoms with van der Waals surface area (Å²) < 4.78 is 14.0. The molecule has 0 saturated heterocycles. The lowest BCUT2D eigenvalue weighted by molar-refractivity contribution is -0.111. The summed E-state index contributed by atoms with van der Waals surface area (Å²) in [4.78, 5) is 21.4. The van der Waals surface area contributed by atoms with Crippen LogP contribution in [0, 0.1) is 0 Å². The Morgan fingerprint density at radius 3 is 2.82 bits per heavy atom. The van der Waals surface area contributed by atoms with Crippen molar-refractivity contribution >= 4 is 45.9 Å². The topological polar surface area (TPSA) is 90.3 Å². The number of nitrogens with one attached hydrogen (secondary N) is 2. The first kappa shape index (κ1) is 25.7. The van der Waals surface area contributed by atoms with E-state index in [1.165, 1.54) is 29.8 Å². The van der Waals surface area contributed by atoms with E-state index in [1.54, 1.807) is 37.2 Å². The maximum Gasteiger partial charge on any atom is 0.247 e. The number of carbonyl (C=O) groups excluding carboxylic acids is 1. The lowest BCUT2D eigenvalue weighted by atomic mass is 10.1. The zero-order chi connectivity index (χ0) is 26.5. The Morgan fingerprint density at radius 1 is 1.21 bits per heavy atom. The van der Waals surface area contributed by atoms with Gasteiger partial charge in [-0.1, -0.05) is 24.8 Å². The molecule has 8 nitrogen and oxygen atoms in total. The van der Waals surface area contributed by atoms with Gasteiger partial charge in [0.1, 0.15) is 11.5 Å². The van der Waals surface area contributed by atoms with E-state index in [4.69, 9.17) is 14.5 Å². The lowest BCUT2D eigenvalue weighted by Crippen LogP contribution is -2.11. The number of benzene rings is 2. The lowest BCUT2D eigenvalue weighted by Gasteiger charge is -2.17. The highest BCUT2D eigenvalue weighted by Gasteiger charge is 2.26. The Balaban J connectivity index is 1.46. The van der Waals surface area contributed by atoms with Crippen LogP contribution in [0.1, 0.15) is 25.3 Å². The Labute approximate surface area is 226 Å². The van der Waals surface area contributed by atoms with Crippen molar-refractivity contribution in [3.63, 3.8) is 0 Å². The smallest absolute Gasteiger partial charge is 0.247 e. The summed E-state index contributed by atoms with van der Waals surface area (Å²) in [5.74, 6) is 2.13. The maximum absolute atomic E-state index is 12.1. The molecule has 2 N–H and O–H groups in total. The molecule has 4 aromatic rings. The largest absolute Gasteiger partial charge is 0.494 e. The highest BCUT2D eigenvalue weighted by molar-refractivity contribution is 7.98. The molecule has 2 aromatic heterocycles. The minimum atomic E-state index is -0.333. The number of ether oxygens (including phenoxy) is 2. The number of rotatable bonds is 12. The monoisotopic (exact) mass is 529 g/mol. The van der Waals surface area contributed by atoms with Crippen LogP contribution in [0.25, 0.3) is 22.2 Å². The Hall–Kier alpha value is -3.98. The number of aromatic nitrogens is 3. The van der Waals surface area contributed by atoms with Gasteiger partial charge in [-0.2, -0.15) is 11.8 Å². The van der Waals surface area contributed by atoms with Crippen molar-refractivity contribution in [2.45, 2.75) is 25.3 Å². The van der Waals surface area contributed by atoms with E-state index >= 15 is 0 Å². The molecule has 1 aliphatic rings. The number of thioether (sulfide) groups is 1. The molecule has 1 saturated carbocycles. The molecular formula is C29H31N5O3S. The summed E-state index contributed by atoms with van der Waals surface area (Å²) in [6.45, 7) is 4.08. The Morgan fingerprint density at radius 2 is 2.05 bits per heavy atom. The van der Waals surface area contributed by atoms with Gasteiger partial charge in [-0.3, -0.25) is 4.79 Å². The normalized spacial score (nSPS) is 12.8. The van der Waals surface area contributed by atoms with Gasteiger partial charge >= 0.3 is 0 Å². The summed E-state index contributed by atoms with van der Waals surface area (Å²) in [5, 5.41) is 7.26. The summed E-state index contributed by atoms with van der Waals surface area (Å²) >= 11 is 1.76. The van der Waals surface area contributed by atoms with Gasteiger partial charge in [0, 0.05) is 41.0 Å². The van der Waals surface area contributed by atoms with Crippen LogP contribution < -0.4 is 20.1 Å². The second-order valence-corrected chi connectivity index (χ2v) is 10.0. The van der Waals surface area contributed by atoms with Crippen LogP contribution in [-0.2, 0) is 4.79 Å². The molecule has 0 atom stereocenters. The number of amides is 1. The molecule has 38 heavy (non-hydrogen) atoms. The van der Waals surface area contributed by atoms with Crippen LogP contribution in [-0.4, -0.2) is 46.2 Å². The average molecular weight is 530 g/mol. The molecule has 0 spiro atoms. The number of hydrogen-bond donors (Lipinski definition) is 2. The summed E-state index contributed by atoms with van der Waals surface area (Å²) in [6, 6.07) is 14.4. The third-order valence-corrected chi connectivity index (χ3v) is 7.05. The van der Waals surface area contributed by atoms with Crippen LogP contribution in [0.5, 0.6) is 11.5 Å². The summed E-state index contributed by atoms with van der Waals surface area (Å²) in [7, 11) is 1.59. The van der Waals surface area contributed by atoms with Crippen LogP contribution in [0.3, 0.4) is 0 Å². The zero-order valence-corrected chi connectivity index (χ0v) is 22.4. The van der Waals surface area contributed by atoms with E-state index in [0.29, 0.717) is 41.5 Å². The van der Waals surface area contributed by atoms with Gasteiger partial charge in [0.2, 0.25) is 11.9 Å². The van der Waals surface area contributed by atoms with Gasteiger partial charge in [-0.25, -0.2) is 9.97 Å². The molecule has 196 valence electrons. The zero-order valence-electron chi connectivity index (χ0n) is 21.6. The second-order valence-electron chi connectivity index (χ2n) is 9.03. The van der Waals surface area contributed by atoms with Gasteiger partial charge in [-0.05, 0) is 55.5 Å². The number of carbonyl (C=O) groups is 1. The number of fused-ring (bicyclic) bond motifs is 1. The van der Waals surface area contributed by atoms with E-state index in [0.717, 1.165) is 23.4 Å². The molecule has 1 aliphatic carbocycles. The van der Waals surface area contributed by atoms with E-state index in [2.05, 4.69) is 63.5 Å². The molecule has 0 unspecified atom stereocenters. The first-order valence-electron chi connectivity index (χ1n) is 12.6. The number of anilines is 3. The van der Waals surface area contributed by atoms with Gasteiger partial charge in [0.25, 0.3) is 0 Å². The molecular weight excluding hydrogens is 498 g/mol. The molecule has 0 bridgehead atoms. The fourth-order valence-corrected chi connectivity index (χ4v) is 4.77. The van der Waals surface area contributed by atoms with Crippen LogP contribution in [0.15, 0.2) is 67.5 Å². The standard InChI is InChI=1S/C29H31N5O3S/c1-4-28(35)31-24-16-23(26(36-2)17-27(24)37-14-7-15-38-3)33-29-30-13-12-22(32-29)21-18-34(19-10-11-19)25-9-6-5-8-20(21)25/h4-6,8-9,12-13,16-19H,1,7,10-11,14-15H2,2-3H3,(H,31,35)(H,30,32,33). The maximum atomic E-state index is 12.1. The molecule has 5 rings (SSSR count). The fraction of sp³-hybridized carbons (Fsp3) is 0.276. The molecule has 1 fully saturated rings. The molecule has 0 aliphatic heterocycles. The van der Waals surface area contributed by atoms with E-state index < -0.39 is 0 Å². The molecule has 2 heterocycles. The SMILES string of the molecule is C=CC(=O)Nc1cc(Nc2nccc(-c3cn(C4CC4)c4ccccc34)n2)c(OC)cc1OCCCSC. The van der Waals surface area contributed by atoms with E-state index in [1.807, 2.05) is 6.07 Å². The van der Waals surface area contributed by atoms with Gasteiger partial charge in [0.05, 0.1) is 30.8 Å². The number of para-hydroxylation sites is 1. The van der Waals surface area contributed by atoms with Crippen LogP contribution in [0.4, 0.5) is 17.3 Å². The minimum Gasteiger partial charge on any atom is -0.494 e. The van der Waals surface area contributed by atoms with Crippen LogP contribution in [0.2, 0.25) is 0 Å². The Bertz CT molecular complexity index is 1460. The highest BCUT2D eigenvalue weighted by atomic mass is 32.2. The fourth-order valence-electron chi connectivity index (χ4n) is 4.37. The molecule has 2 aromatic carbocycles. The predicted octanol–water partition coefficient (Wildman–Crippen LogP) is 6.44. The second kappa shape index (κ2) is 11.6. The van der Waals surface area contributed by atoms with E-state index in [9.17, 15) is 4.79 Å². The van der Waals surface area contributed by atoms with Crippen molar-refractivity contribution in [2.24, 2.45) is 0 Å². The quantitative estimate of drug-likeness (QED) is 0.161. The number of nitrogens with zero attached hydrogens (tertiary/aromatic N) is 3. The van der Waals surface area contributed by atoms with Crippen molar-refractivity contribution in [3.8, 4) is 22.8 Å². The van der Waals surface area contributed by atoms with Crippen molar-refractivity contribution in [2.75, 3.05) is 36.4 Å². The predicted molar refractivity (Wildman–Crippen MR) is 155 cm³/mol. The summed E-state index contributed by atoms with van der Waals surface area (Å²) in [5.41, 5.74) is 4.21. The number of methoxy groups -OCH3 is 1.